The van der Waals surface area contributed by atoms with Crippen molar-refractivity contribution < 1.29 is 0 Å². The van der Waals surface area contributed by atoms with Crippen LogP contribution in [0.5, 0.6) is 0 Å². The zero-order valence-electron chi connectivity index (χ0n) is 13.0. The van der Waals surface area contributed by atoms with Crippen molar-refractivity contribution >= 4 is 17.0 Å². The van der Waals surface area contributed by atoms with E-state index in [4.69, 9.17) is 0 Å². The van der Waals surface area contributed by atoms with Crippen LogP contribution >= 0.6 is 0 Å². The van der Waals surface area contributed by atoms with Crippen LogP contribution in [0.2, 0.25) is 0 Å². The third kappa shape index (κ3) is 2.79. The highest BCUT2D eigenvalue weighted by Crippen LogP contribution is 2.28. The molecule has 6 nitrogen and oxygen atoms in total. The molecule has 0 spiro atoms. The second-order valence-corrected chi connectivity index (χ2v) is 6.65. The Morgan fingerprint density at radius 3 is 2.95 bits per heavy atom. The van der Waals surface area contributed by atoms with Gasteiger partial charge in [0.15, 0.2) is 11.5 Å². The van der Waals surface area contributed by atoms with Gasteiger partial charge in [-0.3, -0.25) is 0 Å². The minimum Gasteiger partial charge on any atom is -0.368 e. The molecule has 22 heavy (non-hydrogen) atoms. The number of nitrogens with zero attached hydrogens (tertiary/aromatic N) is 4. The molecule has 2 aliphatic rings. The molecule has 2 N–H and O–H groups in total. The molecule has 1 saturated carbocycles. The molecule has 0 bridgehead atoms. The maximum atomic E-state index is 4.34. The number of fused-ring (bicyclic) bond motifs is 1. The number of aromatic nitrogens is 4. The highest BCUT2D eigenvalue weighted by molar-refractivity contribution is 5.81. The summed E-state index contributed by atoms with van der Waals surface area (Å²) in [5, 5.41) is 3.49. The molecule has 6 heteroatoms. The van der Waals surface area contributed by atoms with E-state index in [2.05, 4.69) is 30.2 Å². The predicted molar refractivity (Wildman–Crippen MR) is 86.7 cm³/mol. The van der Waals surface area contributed by atoms with E-state index in [-0.39, 0.29) is 0 Å². The monoisotopic (exact) mass is 300 g/mol. The fourth-order valence-electron chi connectivity index (χ4n) is 3.95. The third-order valence-electron chi connectivity index (χ3n) is 5.19. The SMILES string of the molecule is c1nc(NC[C@@H]2CCN(C3CCCCC3)C2)c2[nH]cnc2n1. The summed E-state index contributed by atoms with van der Waals surface area (Å²) in [7, 11) is 0. The predicted octanol–water partition coefficient (Wildman–Crippen LogP) is 2.42. The van der Waals surface area contributed by atoms with Crippen LogP contribution in [0.3, 0.4) is 0 Å². The third-order valence-corrected chi connectivity index (χ3v) is 5.19. The maximum absolute atomic E-state index is 4.34. The highest BCUT2D eigenvalue weighted by atomic mass is 15.2. The van der Waals surface area contributed by atoms with E-state index in [1.807, 2.05) is 0 Å². The molecule has 2 aromatic rings. The van der Waals surface area contributed by atoms with Crippen molar-refractivity contribution in [1.29, 1.82) is 0 Å². The normalized spacial score (nSPS) is 24.1. The van der Waals surface area contributed by atoms with Gasteiger partial charge in [0.05, 0.1) is 6.33 Å². The van der Waals surface area contributed by atoms with Gasteiger partial charge in [0.25, 0.3) is 0 Å². The minimum atomic E-state index is 0.717. The summed E-state index contributed by atoms with van der Waals surface area (Å²) < 4.78 is 0. The zero-order valence-corrected chi connectivity index (χ0v) is 13.0. The minimum absolute atomic E-state index is 0.717. The van der Waals surface area contributed by atoms with Gasteiger partial charge in [0.2, 0.25) is 0 Å². The Hall–Kier alpha value is -1.69. The molecule has 4 rings (SSSR count). The van der Waals surface area contributed by atoms with Crippen LogP contribution in [0.15, 0.2) is 12.7 Å². The molecule has 1 saturated heterocycles. The van der Waals surface area contributed by atoms with Crippen LogP contribution in [0.1, 0.15) is 38.5 Å². The second-order valence-electron chi connectivity index (χ2n) is 6.65. The Bertz CT molecular complexity index is 618. The fourth-order valence-corrected chi connectivity index (χ4v) is 3.95. The zero-order chi connectivity index (χ0) is 14.8. The molecule has 1 atom stereocenters. The summed E-state index contributed by atoms with van der Waals surface area (Å²) in [6.45, 7) is 3.48. The number of nitrogens with one attached hydrogen (secondary N) is 2. The van der Waals surface area contributed by atoms with Crippen molar-refractivity contribution in [2.24, 2.45) is 5.92 Å². The molecule has 118 valence electrons. The molecule has 3 heterocycles. The Kier molecular flexibility index (Phi) is 3.93. The van der Waals surface area contributed by atoms with Gasteiger partial charge in [-0.05, 0) is 31.7 Å². The number of likely N-dealkylation sites (tertiary alicyclic amines) is 1. The first-order valence-electron chi connectivity index (χ1n) is 8.52. The van der Waals surface area contributed by atoms with Gasteiger partial charge in [0.1, 0.15) is 11.8 Å². The van der Waals surface area contributed by atoms with Crippen molar-refractivity contribution in [1.82, 2.24) is 24.8 Å². The lowest BCUT2D eigenvalue weighted by molar-refractivity contribution is 0.186. The standard InChI is InChI=1S/C16H24N6/c1-2-4-13(5-3-1)22-7-6-12(9-22)8-17-15-14-16(19-10-18-14)21-11-20-15/h10-13H,1-9H2,(H2,17,18,19,20,21)/t12-/m0/s1. The first kappa shape index (κ1) is 13.9. The van der Waals surface area contributed by atoms with Crippen LogP contribution in [0.25, 0.3) is 11.2 Å². The average molecular weight is 300 g/mol. The van der Waals surface area contributed by atoms with Gasteiger partial charge >= 0.3 is 0 Å². The van der Waals surface area contributed by atoms with Gasteiger partial charge in [-0.15, -0.1) is 0 Å². The fraction of sp³-hybridized carbons (Fsp3) is 0.688. The van der Waals surface area contributed by atoms with Crippen LogP contribution in [-0.4, -0.2) is 50.5 Å². The van der Waals surface area contributed by atoms with Gasteiger partial charge in [0, 0.05) is 19.1 Å². The van der Waals surface area contributed by atoms with E-state index in [1.54, 1.807) is 12.7 Å². The average Bonchev–Trinajstić information content (AvgIpc) is 3.23. The maximum Gasteiger partial charge on any atom is 0.182 e. The molecule has 2 fully saturated rings. The first-order chi connectivity index (χ1) is 10.9. The molecule has 1 aliphatic carbocycles. The summed E-state index contributed by atoms with van der Waals surface area (Å²) in [5.74, 6) is 1.59. The second kappa shape index (κ2) is 6.20. The summed E-state index contributed by atoms with van der Waals surface area (Å²) >= 11 is 0. The van der Waals surface area contributed by atoms with Gasteiger partial charge in [-0.1, -0.05) is 19.3 Å². The van der Waals surface area contributed by atoms with E-state index in [9.17, 15) is 0 Å². The first-order valence-corrected chi connectivity index (χ1v) is 8.52. The highest BCUT2D eigenvalue weighted by Gasteiger charge is 2.28. The van der Waals surface area contributed by atoms with E-state index in [0.717, 1.165) is 35.5 Å². The Labute approximate surface area is 130 Å². The van der Waals surface area contributed by atoms with Crippen molar-refractivity contribution in [2.45, 2.75) is 44.6 Å². The van der Waals surface area contributed by atoms with E-state index in [0.29, 0.717) is 0 Å². The van der Waals surface area contributed by atoms with Crippen molar-refractivity contribution in [3.63, 3.8) is 0 Å². The number of imidazole rings is 1. The molecule has 1 aliphatic heterocycles. The molecular formula is C16H24N6. The molecule has 0 radical (unpaired) electrons. The molecule has 0 amide bonds. The Morgan fingerprint density at radius 1 is 1.14 bits per heavy atom. The lowest BCUT2D eigenvalue weighted by Crippen LogP contribution is -2.35. The lowest BCUT2D eigenvalue weighted by atomic mass is 9.94. The van der Waals surface area contributed by atoms with Crippen LogP contribution in [0, 0.1) is 5.92 Å². The van der Waals surface area contributed by atoms with E-state index < -0.39 is 0 Å². The quantitative estimate of drug-likeness (QED) is 0.907. The Balaban J connectivity index is 1.34. The Morgan fingerprint density at radius 2 is 2.05 bits per heavy atom. The van der Waals surface area contributed by atoms with E-state index in [1.165, 1.54) is 51.6 Å². The van der Waals surface area contributed by atoms with Crippen LogP contribution in [0.4, 0.5) is 5.82 Å². The molecule has 0 aromatic carbocycles. The lowest BCUT2D eigenvalue weighted by Gasteiger charge is -2.31. The van der Waals surface area contributed by atoms with Gasteiger partial charge in [-0.2, -0.15) is 0 Å². The molecule has 2 aromatic heterocycles. The summed E-state index contributed by atoms with van der Waals surface area (Å²) in [5.41, 5.74) is 1.64. The molecule has 0 unspecified atom stereocenters. The van der Waals surface area contributed by atoms with Gasteiger partial charge in [-0.25, -0.2) is 15.0 Å². The smallest absolute Gasteiger partial charge is 0.182 e. The largest absolute Gasteiger partial charge is 0.368 e. The van der Waals surface area contributed by atoms with Crippen molar-refractivity contribution in [2.75, 3.05) is 25.0 Å². The molecular weight excluding hydrogens is 276 g/mol. The number of hydrogen-bond donors (Lipinski definition) is 2. The summed E-state index contributed by atoms with van der Waals surface area (Å²) in [6.07, 6.45) is 11.6. The topological polar surface area (TPSA) is 69.7 Å². The number of rotatable bonds is 4. The summed E-state index contributed by atoms with van der Waals surface area (Å²) in [6, 6.07) is 0.845. The number of aromatic amines is 1. The van der Waals surface area contributed by atoms with Crippen molar-refractivity contribution in [3.05, 3.63) is 12.7 Å². The number of H-pyrrole nitrogens is 1. The van der Waals surface area contributed by atoms with Crippen molar-refractivity contribution in [3.8, 4) is 0 Å². The van der Waals surface area contributed by atoms with Gasteiger partial charge < -0.3 is 15.2 Å². The van der Waals surface area contributed by atoms with Crippen LogP contribution in [-0.2, 0) is 0 Å². The number of hydrogen-bond acceptors (Lipinski definition) is 5. The van der Waals surface area contributed by atoms with E-state index >= 15 is 0 Å². The van der Waals surface area contributed by atoms with Crippen LogP contribution < -0.4 is 5.32 Å². The summed E-state index contributed by atoms with van der Waals surface area (Å²) in [4.78, 5) is 18.5. The number of anilines is 1.